The van der Waals surface area contributed by atoms with Crippen LogP contribution in [0.25, 0.3) is 17.4 Å². The monoisotopic (exact) mass is 419 g/mol. The minimum absolute atomic E-state index is 0.0161. The van der Waals surface area contributed by atoms with Crippen molar-refractivity contribution in [1.82, 2.24) is 5.32 Å². The third-order valence-corrected chi connectivity index (χ3v) is 5.62. The number of nitrogens with one attached hydrogen (secondary N) is 1. The summed E-state index contributed by atoms with van der Waals surface area (Å²) < 4.78 is 5.79. The van der Waals surface area contributed by atoms with Gasteiger partial charge in [0.2, 0.25) is 0 Å². The first-order valence-corrected chi connectivity index (χ1v) is 9.93. The van der Waals surface area contributed by atoms with Gasteiger partial charge in [-0.25, -0.2) is 4.99 Å². The van der Waals surface area contributed by atoms with E-state index in [-0.39, 0.29) is 11.6 Å². The molecule has 1 amide bonds. The predicted octanol–water partition coefficient (Wildman–Crippen LogP) is 5.36. The first-order chi connectivity index (χ1) is 14.4. The largest absolute Gasteiger partial charge is 0.457 e. The fourth-order valence-corrected chi connectivity index (χ4v) is 3.72. The zero-order valence-electron chi connectivity index (χ0n) is 16.2. The van der Waals surface area contributed by atoms with E-state index in [1.807, 2.05) is 32.0 Å². The van der Waals surface area contributed by atoms with Crippen LogP contribution in [-0.2, 0) is 4.79 Å². The number of rotatable bonds is 4. The van der Waals surface area contributed by atoms with Crippen molar-refractivity contribution in [2.45, 2.75) is 13.8 Å². The van der Waals surface area contributed by atoms with Crippen LogP contribution in [0.3, 0.4) is 0 Å². The first-order valence-electron chi connectivity index (χ1n) is 9.11. The summed E-state index contributed by atoms with van der Waals surface area (Å²) in [4.78, 5) is 27.7. The number of carbonyl (C=O) groups is 1. The standard InChI is InChI=1S/C22H17N3O4S/c1-13-4-3-5-18(14(13)2)23-22-24-21(26)20(30-22)12-17-10-11-19(29-17)15-6-8-16(9-7-15)25(27)28/h3-12H,1-2H3,(H,23,24,26). The number of thioether (sulfide) groups is 1. The molecule has 0 bridgehead atoms. The van der Waals surface area contributed by atoms with E-state index >= 15 is 0 Å². The fraction of sp³-hybridized carbons (Fsp3) is 0.0909. The van der Waals surface area contributed by atoms with Gasteiger partial charge < -0.3 is 9.73 Å². The highest BCUT2D eigenvalue weighted by molar-refractivity contribution is 8.18. The van der Waals surface area contributed by atoms with Gasteiger partial charge in [0, 0.05) is 23.8 Å². The summed E-state index contributed by atoms with van der Waals surface area (Å²) in [7, 11) is 0. The molecule has 1 aromatic heterocycles. The average Bonchev–Trinajstić information content (AvgIpc) is 3.32. The number of aliphatic imine (C=N–C) groups is 1. The highest BCUT2D eigenvalue weighted by atomic mass is 32.2. The van der Waals surface area contributed by atoms with E-state index in [1.165, 1.54) is 23.9 Å². The molecule has 1 aliphatic rings. The van der Waals surface area contributed by atoms with E-state index in [4.69, 9.17) is 4.42 Å². The Morgan fingerprint density at radius 2 is 1.87 bits per heavy atom. The molecule has 2 heterocycles. The molecule has 150 valence electrons. The molecule has 0 radical (unpaired) electrons. The van der Waals surface area contributed by atoms with Gasteiger partial charge >= 0.3 is 0 Å². The van der Waals surface area contributed by atoms with Crippen molar-refractivity contribution in [2.24, 2.45) is 4.99 Å². The molecule has 2 aromatic carbocycles. The summed E-state index contributed by atoms with van der Waals surface area (Å²) in [5.74, 6) is 0.829. The van der Waals surface area contributed by atoms with Crippen molar-refractivity contribution in [3.8, 4) is 11.3 Å². The van der Waals surface area contributed by atoms with Crippen LogP contribution in [0.15, 0.2) is 68.9 Å². The Morgan fingerprint density at radius 1 is 1.10 bits per heavy atom. The van der Waals surface area contributed by atoms with Crippen molar-refractivity contribution < 1.29 is 14.1 Å². The van der Waals surface area contributed by atoms with Gasteiger partial charge in [-0.3, -0.25) is 14.9 Å². The molecule has 8 heteroatoms. The van der Waals surface area contributed by atoms with Crippen molar-refractivity contribution in [2.75, 3.05) is 0 Å². The second-order valence-corrected chi connectivity index (χ2v) is 7.74. The molecule has 0 saturated carbocycles. The van der Waals surface area contributed by atoms with E-state index in [0.717, 1.165) is 16.8 Å². The lowest BCUT2D eigenvalue weighted by molar-refractivity contribution is -0.384. The molecule has 3 aromatic rings. The maximum atomic E-state index is 12.3. The Bertz CT molecular complexity index is 1210. The van der Waals surface area contributed by atoms with Crippen molar-refractivity contribution in [3.05, 3.63) is 86.5 Å². The van der Waals surface area contributed by atoms with Crippen molar-refractivity contribution >= 4 is 40.3 Å². The molecule has 1 saturated heterocycles. The minimum atomic E-state index is -0.449. The van der Waals surface area contributed by atoms with Crippen LogP contribution in [0.2, 0.25) is 0 Å². The molecule has 1 aliphatic heterocycles. The Labute approximate surface area is 176 Å². The number of nitro benzene ring substituents is 1. The van der Waals surface area contributed by atoms with Crippen molar-refractivity contribution in [3.63, 3.8) is 0 Å². The van der Waals surface area contributed by atoms with Gasteiger partial charge in [0.05, 0.1) is 15.5 Å². The molecule has 4 rings (SSSR count). The zero-order valence-corrected chi connectivity index (χ0v) is 17.0. The summed E-state index contributed by atoms with van der Waals surface area (Å²) in [5.41, 5.74) is 3.75. The van der Waals surface area contributed by atoms with Crippen LogP contribution in [-0.4, -0.2) is 16.0 Å². The summed E-state index contributed by atoms with van der Waals surface area (Å²) in [6, 6.07) is 15.5. The number of benzene rings is 2. The molecular formula is C22H17N3O4S. The van der Waals surface area contributed by atoms with E-state index in [0.29, 0.717) is 27.2 Å². The highest BCUT2D eigenvalue weighted by Crippen LogP contribution is 2.31. The van der Waals surface area contributed by atoms with Crippen LogP contribution in [0.4, 0.5) is 11.4 Å². The summed E-state index contributed by atoms with van der Waals surface area (Å²) in [6.07, 6.45) is 1.65. The molecular weight excluding hydrogens is 402 g/mol. The van der Waals surface area contributed by atoms with E-state index in [2.05, 4.69) is 10.3 Å². The Balaban J connectivity index is 1.54. The number of amidine groups is 1. The molecule has 1 fully saturated rings. The van der Waals surface area contributed by atoms with E-state index < -0.39 is 4.92 Å². The molecule has 0 atom stereocenters. The number of aryl methyl sites for hydroxylation is 1. The Morgan fingerprint density at radius 3 is 2.60 bits per heavy atom. The fourth-order valence-electron chi connectivity index (χ4n) is 2.91. The quantitative estimate of drug-likeness (QED) is 0.349. The van der Waals surface area contributed by atoms with E-state index in [9.17, 15) is 14.9 Å². The van der Waals surface area contributed by atoms with Crippen LogP contribution in [0.1, 0.15) is 16.9 Å². The van der Waals surface area contributed by atoms with Gasteiger partial charge in [0.25, 0.3) is 11.6 Å². The van der Waals surface area contributed by atoms with Crippen LogP contribution >= 0.6 is 11.8 Å². The molecule has 1 N–H and O–H groups in total. The SMILES string of the molecule is Cc1cccc(N=C2NC(=O)C(=Cc3ccc(-c4ccc([N+](=O)[O-])cc4)o3)S2)c1C. The lowest BCUT2D eigenvalue weighted by atomic mass is 10.1. The van der Waals surface area contributed by atoms with Gasteiger partial charge in [0.1, 0.15) is 11.5 Å². The Hall–Kier alpha value is -3.65. The van der Waals surface area contributed by atoms with Crippen molar-refractivity contribution in [1.29, 1.82) is 0 Å². The van der Waals surface area contributed by atoms with Crippen LogP contribution in [0, 0.1) is 24.0 Å². The number of furan rings is 1. The van der Waals surface area contributed by atoms with Crippen LogP contribution < -0.4 is 5.32 Å². The van der Waals surface area contributed by atoms with Gasteiger partial charge in [-0.15, -0.1) is 0 Å². The molecule has 0 spiro atoms. The summed E-state index contributed by atoms with van der Waals surface area (Å²) >= 11 is 1.25. The molecule has 0 unspecified atom stereocenters. The predicted molar refractivity (Wildman–Crippen MR) is 118 cm³/mol. The lowest BCUT2D eigenvalue weighted by Crippen LogP contribution is -2.19. The summed E-state index contributed by atoms with van der Waals surface area (Å²) in [6.45, 7) is 4.01. The highest BCUT2D eigenvalue weighted by Gasteiger charge is 2.24. The van der Waals surface area contributed by atoms with Gasteiger partial charge in [-0.05, 0) is 67.1 Å². The van der Waals surface area contributed by atoms with Crippen LogP contribution in [0.5, 0.6) is 0 Å². The lowest BCUT2D eigenvalue weighted by Gasteiger charge is -2.04. The van der Waals surface area contributed by atoms with Gasteiger partial charge in [-0.2, -0.15) is 0 Å². The molecule has 7 nitrogen and oxygen atoms in total. The topological polar surface area (TPSA) is 97.7 Å². The second-order valence-electron chi connectivity index (χ2n) is 6.71. The first kappa shape index (κ1) is 19.7. The molecule has 30 heavy (non-hydrogen) atoms. The van der Waals surface area contributed by atoms with E-state index in [1.54, 1.807) is 30.3 Å². The third kappa shape index (κ3) is 4.04. The number of non-ortho nitro benzene ring substituents is 1. The minimum Gasteiger partial charge on any atom is -0.457 e. The third-order valence-electron chi connectivity index (χ3n) is 4.71. The molecule has 0 aliphatic carbocycles. The van der Waals surface area contributed by atoms with Gasteiger partial charge in [-0.1, -0.05) is 12.1 Å². The number of hydrogen-bond acceptors (Lipinski definition) is 6. The zero-order chi connectivity index (χ0) is 21.3. The average molecular weight is 419 g/mol. The Kier molecular flexibility index (Phi) is 5.24. The maximum absolute atomic E-state index is 12.3. The summed E-state index contributed by atoms with van der Waals surface area (Å²) in [5, 5.41) is 14.1. The number of hydrogen-bond donors (Lipinski definition) is 1. The normalized spacial score (nSPS) is 16.3. The smallest absolute Gasteiger partial charge is 0.269 e. The second kappa shape index (κ2) is 8.00. The number of carbonyl (C=O) groups excluding carboxylic acids is 1. The number of nitro groups is 1. The number of amides is 1. The van der Waals surface area contributed by atoms with Gasteiger partial charge in [0.15, 0.2) is 5.17 Å². The number of nitrogens with zero attached hydrogens (tertiary/aromatic N) is 2. The maximum Gasteiger partial charge on any atom is 0.269 e.